The van der Waals surface area contributed by atoms with Crippen LogP contribution in [-0.2, 0) is 9.53 Å². The highest BCUT2D eigenvalue weighted by atomic mass is 19.4. The van der Waals surface area contributed by atoms with Crippen molar-refractivity contribution in [3.05, 3.63) is 33.9 Å². The van der Waals surface area contributed by atoms with E-state index in [-0.39, 0.29) is 11.7 Å². The SMILES string of the molecule is CCN(c1ccc([C@H](CC(=O)O)C(F)(F)F)cc1[N+](=O)[O-])C1CCOCC1. The number of nitrogens with zero attached hydrogens (tertiary/aromatic N) is 2. The second kappa shape index (κ2) is 8.55. The quantitative estimate of drug-likeness (QED) is 0.563. The number of benzene rings is 1. The van der Waals surface area contributed by atoms with Crippen LogP contribution in [0.2, 0.25) is 0 Å². The van der Waals surface area contributed by atoms with Gasteiger partial charge in [-0.3, -0.25) is 14.9 Å². The lowest BCUT2D eigenvalue weighted by atomic mass is 9.93. The number of aliphatic carboxylic acids is 1. The fourth-order valence-corrected chi connectivity index (χ4v) is 3.37. The standard InChI is InChI=1S/C17H21F3N2O5/c1-2-21(12-5-7-27-8-6-12)14-4-3-11(9-15(14)22(25)26)13(10-16(23)24)17(18,19)20/h3-4,9,12-13H,2,5-8,10H2,1H3,(H,23,24)/t13-/m0/s1. The maximum absolute atomic E-state index is 13.3. The normalized spacial score (nSPS) is 16.7. The Bertz CT molecular complexity index is 690. The molecule has 1 fully saturated rings. The van der Waals surface area contributed by atoms with E-state index < -0.39 is 40.7 Å². The summed E-state index contributed by atoms with van der Waals surface area (Å²) in [5.74, 6) is -3.93. The lowest BCUT2D eigenvalue weighted by Gasteiger charge is -2.35. The molecule has 27 heavy (non-hydrogen) atoms. The fraction of sp³-hybridized carbons (Fsp3) is 0.588. The summed E-state index contributed by atoms with van der Waals surface area (Å²) in [5.41, 5.74) is -0.654. The van der Waals surface area contributed by atoms with Crippen LogP contribution in [0.1, 0.15) is 37.7 Å². The van der Waals surface area contributed by atoms with Gasteiger partial charge in [-0.1, -0.05) is 6.07 Å². The van der Waals surface area contributed by atoms with Crippen LogP contribution in [-0.4, -0.2) is 48.0 Å². The van der Waals surface area contributed by atoms with Gasteiger partial charge in [0.05, 0.1) is 17.3 Å². The second-order valence-corrected chi connectivity index (χ2v) is 6.33. The number of nitro benzene ring substituents is 1. The second-order valence-electron chi connectivity index (χ2n) is 6.33. The molecular weight excluding hydrogens is 369 g/mol. The molecule has 1 aromatic carbocycles. The summed E-state index contributed by atoms with van der Waals surface area (Å²) in [4.78, 5) is 23.4. The monoisotopic (exact) mass is 390 g/mol. The first kappa shape index (κ1) is 20.9. The summed E-state index contributed by atoms with van der Waals surface area (Å²) in [6, 6.07) is 3.25. The average Bonchev–Trinajstić information content (AvgIpc) is 2.60. The van der Waals surface area contributed by atoms with E-state index in [1.54, 1.807) is 4.90 Å². The lowest BCUT2D eigenvalue weighted by Crippen LogP contribution is -2.39. The maximum Gasteiger partial charge on any atom is 0.396 e. The highest BCUT2D eigenvalue weighted by Gasteiger charge is 2.43. The minimum absolute atomic E-state index is 0.00858. The van der Waals surface area contributed by atoms with E-state index in [2.05, 4.69) is 0 Å². The van der Waals surface area contributed by atoms with Crippen LogP contribution in [0.25, 0.3) is 0 Å². The summed E-state index contributed by atoms with van der Waals surface area (Å²) in [7, 11) is 0. The molecule has 0 saturated carbocycles. The van der Waals surface area contributed by atoms with Crippen LogP contribution in [0.5, 0.6) is 0 Å². The topological polar surface area (TPSA) is 92.9 Å². The Labute approximate surface area is 153 Å². The van der Waals surface area contributed by atoms with Gasteiger partial charge in [-0.15, -0.1) is 0 Å². The van der Waals surface area contributed by atoms with Crippen LogP contribution in [0.3, 0.4) is 0 Å². The molecule has 2 rings (SSSR count). The molecule has 150 valence electrons. The summed E-state index contributed by atoms with van der Waals surface area (Å²) >= 11 is 0. The van der Waals surface area contributed by atoms with Crippen LogP contribution in [0.15, 0.2) is 18.2 Å². The molecule has 1 heterocycles. The Morgan fingerprint density at radius 3 is 2.52 bits per heavy atom. The Balaban J connectivity index is 2.46. The van der Waals surface area contributed by atoms with Crippen molar-refractivity contribution in [1.82, 2.24) is 0 Å². The molecule has 1 N–H and O–H groups in total. The first-order chi connectivity index (χ1) is 12.6. The highest BCUT2D eigenvalue weighted by Crippen LogP contribution is 2.41. The maximum atomic E-state index is 13.3. The Morgan fingerprint density at radius 2 is 2.04 bits per heavy atom. The fourth-order valence-electron chi connectivity index (χ4n) is 3.37. The van der Waals surface area contributed by atoms with Crippen molar-refractivity contribution in [3.8, 4) is 0 Å². The first-order valence-electron chi connectivity index (χ1n) is 8.56. The molecule has 1 aliphatic rings. The summed E-state index contributed by atoms with van der Waals surface area (Å²) in [6.07, 6.45) is -4.68. The molecule has 0 aromatic heterocycles. The molecule has 1 atom stereocenters. The number of carboxylic acid groups (broad SMARTS) is 1. The smallest absolute Gasteiger partial charge is 0.396 e. The molecule has 0 radical (unpaired) electrons. The molecule has 10 heteroatoms. The Kier molecular flexibility index (Phi) is 6.63. The number of nitro groups is 1. The minimum atomic E-state index is -4.82. The number of rotatable bonds is 7. The van der Waals surface area contributed by atoms with Gasteiger partial charge in [-0.25, -0.2) is 0 Å². The number of hydrogen-bond donors (Lipinski definition) is 1. The highest BCUT2D eigenvalue weighted by molar-refractivity contribution is 5.69. The number of anilines is 1. The van der Waals surface area contributed by atoms with Crippen LogP contribution in [0, 0.1) is 10.1 Å². The zero-order valence-electron chi connectivity index (χ0n) is 14.7. The third kappa shape index (κ3) is 5.09. The van der Waals surface area contributed by atoms with Gasteiger partial charge >= 0.3 is 12.1 Å². The van der Waals surface area contributed by atoms with E-state index in [1.165, 1.54) is 6.07 Å². The first-order valence-corrected chi connectivity index (χ1v) is 8.56. The van der Waals surface area contributed by atoms with Gasteiger partial charge in [0.25, 0.3) is 5.69 Å². The van der Waals surface area contributed by atoms with Gasteiger partial charge in [-0.2, -0.15) is 13.2 Å². The van der Waals surface area contributed by atoms with Gasteiger partial charge in [0, 0.05) is 31.9 Å². The molecule has 0 spiro atoms. The van der Waals surface area contributed by atoms with Crippen LogP contribution < -0.4 is 4.90 Å². The van der Waals surface area contributed by atoms with Crippen molar-refractivity contribution in [1.29, 1.82) is 0 Å². The Morgan fingerprint density at radius 1 is 1.41 bits per heavy atom. The summed E-state index contributed by atoms with van der Waals surface area (Å²) in [6.45, 7) is 3.29. The van der Waals surface area contributed by atoms with Gasteiger partial charge in [0.2, 0.25) is 0 Å². The van der Waals surface area contributed by atoms with Crippen molar-refractivity contribution >= 4 is 17.3 Å². The minimum Gasteiger partial charge on any atom is -0.481 e. The molecule has 1 saturated heterocycles. The zero-order chi connectivity index (χ0) is 20.2. The van der Waals surface area contributed by atoms with Gasteiger partial charge in [0.1, 0.15) is 5.69 Å². The average molecular weight is 390 g/mol. The van der Waals surface area contributed by atoms with Gasteiger partial charge in [-0.05, 0) is 31.4 Å². The largest absolute Gasteiger partial charge is 0.481 e. The number of alkyl halides is 3. The lowest BCUT2D eigenvalue weighted by molar-refractivity contribution is -0.384. The molecule has 1 aliphatic heterocycles. The van der Waals surface area contributed by atoms with Gasteiger partial charge in [0.15, 0.2) is 0 Å². The zero-order valence-corrected chi connectivity index (χ0v) is 14.7. The van der Waals surface area contributed by atoms with Crippen molar-refractivity contribution in [3.63, 3.8) is 0 Å². The van der Waals surface area contributed by atoms with E-state index in [0.29, 0.717) is 32.6 Å². The van der Waals surface area contributed by atoms with E-state index in [9.17, 15) is 28.1 Å². The van der Waals surface area contributed by atoms with Crippen molar-refractivity contribution in [2.45, 2.75) is 44.3 Å². The van der Waals surface area contributed by atoms with Gasteiger partial charge < -0.3 is 14.7 Å². The molecule has 1 aromatic rings. The predicted molar refractivity (Wildman–Crippen MR) is 91.0 cm³/mol. The van der Waals surface area contributed by atoms with Crippen molar-refractivity contribution in [2.75, 3.05) is 24.7 Å². The van der Waals surface area contributed by atoms with Crippen molar-refractivity contribution < 1.29 is 32.7 Å². The van der Waals surface area contributed by atoms with E-state index in [1.807, 2.05) is 6.92 Å². The third-order valence-electron chi connectivity index (χ3n) is 4.65. The summed E-state index contributed by atoms with van der Waals surface area (Å²) in [5, 5.41) is 20.3. The molecule has 0 aliphatic carbocycles. The molecule has 0 bridgehead atoms. The number of carbonyl (C=O) groups is 1. The predicted octanol–water partition coefficient (Wildman–Crippen LogP) is 3.72. The Hall–Kier alpha value is -2.36. The summed E-state index contributed by atoms with van der Waals surface area (Å²) < 4.78 is 45.1. The molecule has 7 nitrogen and oxygen atoms in total. The number of hydrogen-bond acceptors (Lipinski definition) is 5. The number of carboxylic acids is 1. The van der Waals surface area contributed by atoms with E-state index >= 15 is 0 Å². The molecular formula is C17H21F3N2O5. The number of ether oxygens (including phenoxy) is 1. The number of halogens is 3. The van der Waals surface area contributed by atoms with E-state index in [0.717, 1.165) is 12.1 Å². The third-order valence-corrected chi connectivity index (χ3v) is 4.65. The van der Waals surface area contributed by atoms with E-state index in [4.69, 9.17) is 9.84 Å². The van der Waals surface area contributed by atoms with Crippen LogP contribution in [0.4, 0.5) is 24.5 Å². The van der Waals surface area contributed by atoms with Crippen molar-refractivity contribution in [2.24, 2.45) is 0 Å². The van der Waals surface area contributed by atoms with Crippen LogP contribution >= 0.6 is 0 Å². The molecule has 0 amide bonds. The molecule has 0 unspecified atom stereocenters.